The van der Waals surface area contributed by atoms with Gasteiger partial charge in [0.1, 0.15) is 18.0 Å². The van der Waals surface area contributed by atoms with Crippen molar-refractivity contribution in [2.24, 2.45) is 5.92 Å². The number of nitrogens with one attached hydrogen (secondary N) is 1. The molecule has 2 saturated carbocycles. The Morgan fingerprint density at radius 3 is 2.59 bits per heavy atom. The Hall–Kier alpha value is -3.19. The number of carbonyl (C=O) groups excluding carboxylic acids is 1. The van der Waals surface area contributed by atoms with Crippen molar-refractivity contribution in [3.63, 3.8) is 0 Å². The van der Waals surface area contributed by atoms with Crippen molar-refractivity contribution in [1.29, 1.82) is 0 Å². The normalized spacial score (nSPS) is 20.9. The van der Waals surface area contributed by atoms with Crippen LogP contribution in [0, 0.1) is 5.92 Å². The lowest BCUT2D eigenvalue weighted by Gasteiger charge is -2.14. The summed E-state index contributed by atoms with van der Waals surface area (Å²) in [7, 11) is 0. The van der Waals surface area contributed by atoms with Gasteiger partial charge in [0.15, 0.2) is 0 Å². The van der Waals surface area contributed by atoms with Crippen molar-refractivity contribution in [3.8, 4) is 17.0 Å². The average molecular weight is 462 g/mol. The molecule has 3 N–H and O–H groups in total. The molecule has 2 atom stereocenters. The maximum absolute atomic E-state index is 12.2. The highest BCUT2D eigenvalue weighted by Crippen LogP contribution is 2.47. The molecule has 3 aromatic rings. The van der Waals surface area contributed by atoms with Gasteiger partial charge in [0, 0.05) is 35.2 Å². The van der Waals surface area contributed by atoms with E-state index in [0.29, 0.717) is 24.3 Å². The predicted octanol–water partition coefficient (Wildman–Crippen LogP) is 5.74. The number of hydrogen-bond acceptors (Lipinski definition) is 5. The number of ether oxygens (including phenoxy) is 3. The van der Waals surface area contributed by atoms with E-state index in [0.717, 1.165) is 72.3 Å². The van der Waals surface area contributed by atoms with Crippen molar-refractivity contribution in [2.75, 3.05) is 24.3 Å². The van der Waals surface area contributed by atoms with Gasteiger partial charge in [-0.05, 0) is 62.8 Å². The van der Waals surface area contributed by atoms with Gasteiger partial charge in [0.2, 0.25) is 0 Å². The van der Waals surface area contributed by atoms with Crippen LogP contribution in [0.25, 0.3) is 22.2 Å². The molecule has 2 heterocycles. The molecular weight excluding hydrogens is 430 g/mol. The first-order valence-electron chi connectivity index (χ1n) is 12.3. The molecule has 3 aliphatic rings. The number of aromatic nitrogens is 1. The van der Waals surface area contributed by atoms with Gasteiger partial charge in [-0.1, -0.05) is 12.1 Å². The Morgan fingerprint density at radius 1 is 1.12 bits per heavy atom. The first kappa shape index (κ1) is 21.4. The zero-order chi connectivity index (χ0) is 23.2. The fourth-order valence-corrected chi connectivity index (χ4v) is 4.88. The van der Waals surface area contributed by atoms with E-state index >= 15 is 0 Å². The number of nitrogen functional groups attached to an aromatic ring is 1. The molecule has 1 amide bonds. The van der Waals surface area contributed by atoms with E-state index in [1.54, 1.807) is 0 Å². The Kier molecular flexibility index (Phi) is 5.37. The van der Waals surface area contributed by atoms with Crippen LogP contribution < -0.4 is 15.8 Å². The van der Waals surface area contributed by atoms with Crippen molar-refractivity contribution in [3.05, 3.63) is 42.5 Å². The molecule has 1 aromatic heterocycles. The second kappa shape index (κ2) is 8.55. The van der Waals surface area contributed by atoms with Crippen LogP contribution in [-0.2, 0) is 9.47 Å². The molecular formula is C27H31N3O4. The maximum atomic E-state index is 12.2. The van der Waals surface area contributed by atoms with Crippen LogP contribution in [0.2, 0.25) is 0 Å². The van der Waals surface area contributed by atoms with Crippen molar-refractivity contribution in [2.45, 2.75) is 57.3 Å². The van der Waals surface area contributed by atoms with Crippen molar-refractivity contribution >= 4 is 28.4 Å². The highest BCUT2D eigenvalue weighted by molar-refractivity contribution is 6.02. The number of fused-ring (bicyclic) bond motifs is 1. The predicted molar refractivity (Wildman–Crippen MR) is 132 cm³/mol. The molecule has 7 nitrogen and oxygen atoms in total. The average Bonchev–Trinajstić information content (AvgIpc) is 3.76. The van der Waals surface area contributed by atoms with Gasteiger partial charge in [0.05, 0.1) is 30.1 Å². The molecule has 3 fully saturated rings. The van der Waals surface area contributed by atoms with Gasteiger partial charge >= 0.3 is 6.09 Å². The van der Waals surface area contributed by atoms with E-state index in [-0.39, 0.29) is 12.2 Å². The van der Waals surface area contributed by atoms with Gasteiger partial charge in [0.25, 0.3) is 0 Å². The minimum atomic E-state index is -0.404. The number of benzene rings is 2. The third-order valence-corrected chi connectivity index (χ3v) is 7.10. The molecule has 178 valence electrons. The van der Waals surface area contributed by atoms with Gasteiger partial charge in [-0.25, -0.2) is 4.79 Å². The number of nitrogens with zero attached hydrogens (tertiary/aromatic N) is 1. The first-order valence-corrected chi connectivity index (χ1v) is 12.3. The van der Waals surface area contributed by atoms with Crippen molar-refractivity contribution in [1.82, 2.24) is 4.57 Å². The molecule has 1 saturated heterocycles. The molecule has 0 radical (unpaired) electrons. The number of anilines is 2. The largest absolute Gasteiger partial charge is 0.488 e. The molecule has 2 aromatic carbocycles. The summed E-state index contributed by atoms with van der Waals surface area (Å²) in [6.07, 6.45) is 5.15. The number of carbonyl (C=O) groups is 1. The SMILES string of the molecule is C[C@@H](OC(=O)Nc1ccc(-c2c(N)c3ccc(O[C@@H]4CCOC4)cc3n2C2CC2)cc1)C1CC1. The number of rotatable bonds is 7. The topological polar surface area (TPSA) is 87.7 Å². The minimum absolute atomic E-state index is 0.0385. The molecule has 0 unspecified atom stereocenters. The lowest BCUT2D eigenvalue weighted by atomic mass is 10.1. The summed E-state index contributed by atoms with van der Waals surface area (Å²) >= 11 is 0. The smallest absolute Gasteiger partial charge is 0.411 e. The molecule has 6 rings (SSSR count). The lowest BCUT2D eigenvalue weighted by Crippen LogP contribution is -2.21. The number of hydrogen-bond donors (Lipinski definition) is 2. The fraction of sp³-hybridized carbons (Fsp3) is 0.444. The van der Waals surface area contributed by atoms with Gasteiger partial charge < -0.3 is 24.5 Å². The Bertz CT molecular complexity index is 1200. The second-order valence-corrected chi connectivity index (χ2v) is 9.80. The zero-order valence-electron chi connectivity index (χ0n) is 19.5. The number of nitrogens with two attached hydrogens (primary N) is 1. The van der Waals surface area contributed by atoms with Crippen LogP contribution in [0.5, 0.6) is 5.75 Å². The van der Waals surface area contributed by atoms with Crippen LogP contribution in [0.3, 0.4) is 0 Å². The summed E-state index contributed by atoms with van der Waals surface area (Å²) in [4.78, 5) is 12.2. The van der Waals surface area contributed by atoms with Crippen LogP contribution in [0.15, 0.2) is 42.5 Å². The van der Waals surface area contributed by atoms with E-state index in [2.05, 4.69) is 22.0 Å². The molecule has 0 bridgehead atoms. The van der Waals surface area contributed by atoms with Gasteiger partial charge in [-0.2, -0.15) is 0 Å². The fourth-order valence-electron chi connectivity index (χ4n) is 4.88. The molecule has 0 spiro atoms. The summed E-state index contributed by atoms with van der Waals surface area (Å²) in [6.45, 7) is 3.35. The van der Waals surface area contributed by atoms with E-state index < -0.39 is 6.09 Å². The van der Waals surface area contributed by atoms with E-state index in [1.807, 2.05) is 37.3 Å². The van der Waals surface area contributed by atoms with E-state index in [1.165, 1.54) is 0 Å². The maximum Gasteiger partial charge on any atom is 0.411 e. The number of amides is 1. The minimum Gasteiger partial charge on any atom is -0.488 e. The van der Waals surface area contributed by atoms with Gasteiger partial charge in [-0.3, -0.25) is 5.32 Å². The highest BCUT2D eigenvalue weighted by Gasteiger charge is 2.31. The summed E-state index contributed by atoms with van der Waals surface area (Å²) < 4.78 is 19.4. The molecule has 34 heavy (non-hydrogen) atoms. The Morgan fingerprint density at radius 2 is 1.91 bits per heavy atom. The van der Waals surface area contributed by atoms with E-state index in [4.69, 9.17) is 19.9 Å². The molecule has 1 aliphatic heterocycles. The van der Waals surface area contributed by atoms with Gasteiger partial charge in [-0.15, -0.1) is 0 Å². The monoisotopic (exact) mass is 461 g/mol. The standard InChI is InChI=1S/C27H31N3O4/c1-16(17-2-3-17)33-27(31)29-19-6-4-18(5-7-19)26-25(28)23-11-10-21(34-22-12-13-32-15-22)14-24(23)30(26)20-8-9-20/h4-7,10-11,14,16-17,20,22H,2-3,8-9,12-13,15,28H2,1H3,(H,29,31)/t16-,22-/m1/s1. The Balaban J connectivity index is 1.27. The zero-order valence-corrected chi connectivity index (χ0v) is 19.5. The Labute approximate surface area is 199 Å². The summed E-state index contributed by atoms with van der Waals surface area (Å²) in [5.41, 5.74) is 11.3. The third kappa shape index (κ3) is 4.20. The van der Waals surface area contributed by atoms with Crippen LogP contribution in [-0.4, -0.2) is 36.1 Å². The van der Waals surface area contributed by atoms with Crippen molar-refractivity contribution < 1.29 is 19.0 Å². The first-order chi connectivity index (χ1) is 16.6. The summed E-state index contributed by atoms with van der Waals surface area (Å²) in [5, 5.41) is 3.88. The summed E-state index contributed by atoms with van der Waals surface area (Å²) in [6, 6.07) is 14.4. The lowest BCUT2D eigenvalue weighted by molar-refractivity contribution is 0.108. The van der Waals surface area contributed by atoms with E-state index in [9.17, 15) is 4.79 Å². The molecule has 2 aliphatic carbocycles. The quantitative estimate of drug-likeness (QED) is 0.468. The third-order valence-electron chi connectivity index (χ3n) is 7.10. The molecule has 7 heteroatoms. The van der Waals surface area contributed by atoms with Crippen LogP contribution >= 0.6 is 0 Å². The van der Waals surface area contributed by atoms with Crippen LogP contribution in [0.1, 0.15) is 45.1 Å². The highest BCUT2D eigenvalue weighted by atomic mass is 16.6. The summed E-state index contributed by atoms with van der Waals surface area (Å²) in [5.74, 6) is 1.37. The second-order valence-electron chi connectivity index (χ2n) is 9.80. The van der Waals surface area contributed by atoms with Crippen LogP contribution in [0.4, 0.5) is 16.2 Å².